The number of benzene rings is 2. The first-order valence-corrected chi connectivity index (χ1v) is 8.72. The lowest BCUT2D eigenvalue weighted by atomic mass is 10.1. The van der Waals surface area contributed by atoms with Crippen LogP contribution >= 0.6 is 0 Å². The van der Waals surface area contributed by atoms with Crippen LogP contribution in [-0.2, 0) is 0 Å². The fourth-order valence-corrected chi connectivity index (χ4v) is 3.66. The molecule has 4 rings (SSSR count). The summed E-state index contributed by atoms with van der Waals surface area (Å²) < 4.78 is 5.36. The maximum Gasteiger partial charge on any atom is 0.254 e. The predicted molar refractivity (Wildman–Crippen MR) is 100 cm³/mol. The Morgan fingerprint density at radius 3 is 2.76 bits per heavy atom. The van der Waals surface area contributed by atoms with E-state index in [4.69, 9.17) is 4.42 Å². The molecule has 4 heteroatoms. The van der Waals surface area contributed by atoms with Crippen molar-refractivity contribution in [1.29, 1.82) is 0 Å². The van der Waals surface area contributed by atoms with Crippen molar-refractivity contribution in [1.82, 2.24) is 4.90 Å². The molecule has 1 atom stereocenters. The minimum Gasteiger partial charge on any atom is -0.464 e. The highest BCUT2D eigenvalue weighted by molar-refractivity contribution is 5.98. The topological polar surface area (TPSA) is 36.7 Å². The van der Waals surface area contributed by atoms with E-state index in [2.05, 4.69) is 43.0 Å². The second kappa shape index (κ2) is 6.28. The fraction of sp³-hybridized carbons (Fsp3) is 0.286. The lowest BCUT2D eigenvalue weighted by Crippen LogP contribution is -2.54. The van der Waals surface area contributed by atoms with Crippen LogP contribution in [0.15, 0.2) is 59.2 Å². The molecule has 1 saturated heterocycles. The predicted octanol–water partition coefficient (Wildman–Crippen LogP) is 4.09. The van der Waals surface area contributed by atoms with Crippen molar-refractivity contribution >= 4 is 22.6 Å². The molecular weight excluding hydrogens is 312 g/mol. The standard InChI is InChI=1S/C21H22N2O2/c1-15-5-3-4-6-19(15)22-10-11-23(16(2)14-22)21(24)18-7-8-20-17(13-18)9-12-25-20/h3-9,12-13,16H,10-11,14H2,1-2H3/t16-/m1/s1. The zero-order chi connectivity index (χ0) is 17.4. The van der Waals surface area contributed by atoms with E-state index in [1.807, 2.05) is 29.2 Å². The van der Waals surface area contributed by atoms with Crippen molar-refractivity contribution < 1.29 is 9.21 Å². The third-order valence-electron chi connectivity index (χ3n) is 5.04. The van der Waals surface area contributed by atoms with Crippen LogP contribution in [0.2, 0.25) is 0 Å². The summed E-state index contributed by atoms with van der Waals surface area (Å²) in [4.78, 5) is 17.3. The van der Waals surface area contributed by atoms with Gasteiger partial charge in [0.25, 0.3) is 5.91 Å². The molecule has 25 heavy (non-hydrogen) atoms. The zero-order valence-electron chi connectivity index (χ0n) is 14.6. The second-order valence-corrected chi connectivity index (χ2v) is 6.75. The highest BCUT2D eigenvalue weighted by Crippen LogP contribution is 2.24. The number of rotatable bonds is 2. The lowest BCUT2D eigenvalue weighted by molar-refractivity contribution is 0.0674. The summed E-state index contributed by atoms with van der Waals surface area (Å²) in [6.45, 7) is 6.70. The first kappa shape index (κ1) is 15.8. The maximum absolute atomic E-state index is 13.0. The molecule has 3 aromatic rings. The molecule has 0 radical (unpaired) electrons. The normalized spacial score (nSPS) is 17.9. The average Bonchev–Trinajstić information content (AvgIpc) is 3.09. The van der Waals surface area contributed by atoms with Gasteiger partial charge < -0.3 is 14.2 Å². The number of hydrogen-bond donors (Lipinski definition) is 0. The molecule has 2 aromatic carbocycles. The van der Waals surface area contributed by atoms with Crippen LogP contribution in [0.5, 0.6) is 0 Å². The molecule has 2 heterocycles. The highest BCUT2D eigenvalue weighted by Gasteiger charge is 2.28. The van der Waals surface area contributed by atoms with Crippen molar-refractivity contribution in [3.05, 3.63) is 65.9 Å². The fourth-order valence-electron chi connectivity index (χ4n) is 3.66. The van der Waals surface area contributed by atoms with Gasteiger partial charge in [0.05, 0.1) is 6.26 Å². The molecule has 1 amide bonds. The van der Waals surface area contributed by atoms with Crippen LogP contribution < -0.4 is 4.90 Å². The molecular formula is C21H22N2O2. The van der Waals surface area contributed by atoms with E-state index in [1.54, 1.807) is 6.26 Å². The zero-order valence-corrected chi connectivity index (χ0v) is 14.6. The van der Waals surface area contributed by atoms with E-state index in [1.165, 1.54) is 11.3 Å². The molecule has 0 aliphatic carbocycles. The molecule has 1 fully saturated rings. The van der Waals surface area contributed by atoms with Crippen LogP contribution in [0, 0.1) is 6.92 Å². The van der Waals surface area contributed by atoms with Crippen molar-refractivity contribution in [2.24, 2.45) is 0 Å². The van der Waals surface area contributed by atoms with Crippen LogP contribution in [-0.4, -0.2) is 36.5 Å². The number of para-hydroxylation sites is 1. The van der Waals surface area contributed by atoms with Gasteiger partial charge in [0, 0.05) is 42.3 Å². The monoisotopic (exact) mass is 334 g/mol. The van der Waals surface area contributed by atoms with E-state index in [-0.39, 0.29) is 11.9 Å². The summed E-state index contributed by atoms with van der Waals surface area (Å²) >= 11 is 0. The van der Waals surface area contributed by atoms with Crippen LogP contribution in [0.4, 0.5) is 5.69 Å². The number of nitrogens with zero attached hydrogens (tertiary/aromatic N) is 2. The summed E-state index contributed by atoms with van der Waals surface area (Å²) in [6.07, 6.45) is 1.66. The summed E-state index contributed by atoms with van der Waals surface area (Å²) in [5.41, 5.74) is 4.08. The first-order chi connectivity index (χ1) is 12.1. The van der Waals surface area contributed by atoms with Crippen molar-refractivity contribution in [2.75, 3.05) is 24.5 Å². The number of amides is 1. The van der Waals surface area contributed by atoms with E-state index < -0.39 is 0 Å². The molecule has 1 aromatic heterocycles. The maximum atomic E-state index is 13.0. The second-order valence-electron chi connectivity index (χ2n) is 6.75. The average molecular weight is 334 g/mol. The Morgan fingerprint density at radius 1 is 1.12 bits per heavy atom. The summed E-state index contributed by atoms with van der Waals surface area (Å²) in [5, 5.41) is 0.969. The summed E-state index contributed by atoms with van der Waals surface area (Å²) in [5.74, 6) is 0.0973. The van der Waals surface area contributed by atoms with Gasteiger partial charge in [-0.3, -0.25) is 4.79 Å². The Bertz CT molecular complexity index is 915. The molecule has 1 aliphatic rings. The van der Waals surface area contributed by atoms with Crippen LogP contribution in [0.25, 0.3) is 11.0 Å². The third kappa shape index (κ3) is 2.88. The van der Waals surface area contributed by atoms with Gasteiger partial charge in [-0.1, -0.05) is 18.2 Å². The lowest BCUT2D eigenvalue weighted by Gasteiger charge is -2.41. The highest BCUT2D eigenvalue weighted by atomic mass is 16.3. The van der Waals surface area contributed by atoms with Crippen molar-refractivity contribution in [3.63, 3.8) is 0 Å². The van der Waals surface area contributed by atoms with Gasteiger partial charge in [0.15, 0.2) is 0 Å². The molecule has 0 spiro atoms. The number of anilines is 1. The Balaban J connectivity index is 1.52. The van der Waals surface area contributed by atoms with Gasteiger partial charge in [-0.2, -0.15) is 0 Å². The van der Waals surface area contributed by atoms with Crippen LogP contribution in [0.1, 0.15) is 22.8 Å². The van der Waals surface area contributed by atoms with Gasteiger partial charge in [-0.05, 0) is 49.7 Å². The number of hydrogen-bond acceptors (Lipinski definition) is 3. The number of furan rings is 1. The smallest absolute Gasteiger partial charge is 0.254 e. The van der Waals surface area contributed by atoms with E-state index in [9.17, 15) is 4.79 Å². The van der Waals surface area contributed by atoms with Gasteiger partial charge in [0.2, 0.25) is 0 Å². The molecule has 0 N–H and O–H groups in total. The van der Waals surface area contributed by atoms with Gasteiger partial charge in [-0.25, -0.2) is 0 Å². The molecule has 128 valence electrons. The minimum absolute atomic E-state index is 0.0973. The number of piperazine rings is 1. The van der Waals surface area contributed by atoms with E-state index in [0.29, 0.717) is 0 Å². The van der Waals surface area contributed by atoms with E-state index >= 15 is 0 Å². The Hall–Kier alpha value is -2.75. The van der Waals surface area contributed by atoms with Gasteiger partial charge in [-0.15, -0.1) is 0 Å². The number of fused-ring (bicyclic) bond motifs is 1. The molecule has 1 aliphatic heterocycles. The molecule has 0 unspecified atom stereocenters. The largest absolute Gasteiger partial charge is 0.464 e. The molecule has 4 nitrogen and oxygen atoms in total. The van der Waals surface area contributed by atoms with E-state index in [0.717, 1.165) is 36.2 Å². The Morgan fingerprint density at radius 2 is 1.96 bits per heavy atom. The van der Waals surface area contributed by atoms with Gasteiger partial charge in [0.1, 0.15) is 5.58 Å². The molecule has 0 bridgehead atoms. The Labute approximate surface area is 147 Å². The number of carbonyl (C=O) groups is 1. The van der Waals surface area contributed by atoms with Crippen molar-refractivity contribution in [3.8, 4) is 0 Å². The molecule has 0 saturated carbocycles. The van der Waals surface area contributed by atoms with Gasteiger partial charge >= 0.3 is 0 Å². The third-order valence-corrected chi connectivity index (χ3v) is 5.04. The first-order valence-electron chi connectivity index (χ1n) is 8.72. The summed E-state index contributed by atoms with van der Waals surface area (Å²) in [6, 6.07) is 16.1. The minimum atomic E-state index is 0.0973. The summed E-state index contributed by atoms with van der Waals surface area (Å²) in [7, 11) is 0. The van der Waals surface area contributed by atoms with Crippen molar-refractivity contribution in [2.45, 2.75) is 19.9 Å². The quantitative estimate of drug-likeness (QED) is 0.708. The number of carbonyl (C=O) groups excluding carboxylic acids is 1. The number of aryl methyl sites for hydroxylation is 1. The SMILES string of the molecule is Cc1ccccc1N1CCN(C(=O)c2ccc3occc3c2)[C@H](C)C1. The van der Waals surface area contributed by atoms with Crippen LogP contribution in [0.3, 0.4) is 0 Å². The Kier molecular flexibility index (Phi) is 3.96.